The molecule has 0 radical (unpaired) electrons. The Bertz CT molecular complexity index is 1320. The standard InChI is InChI=1S/C22H23N5O2S/c1-5-16-23-13(4)18-12(3)19(30-21(18)26-16)22(29)27(6-2)11-17-24-15-10-8-7-9-14(15)20(28)25-17/h7-10H,5-6,11H2,1-4H3,(H,24,25,28). The van der Waals surface area contributed by atoms with E-state index in [1.807, 2.05) is 33.8 Å². The fraction of sp³-hybridized carbons (Fsp3) is 0.318. The fourth-order valence-corrected chi connectivity index (χ4v) is 4.84. The number of carbonyl (C=O) groups excluding carboxylic acids is 1. The zero-order valence-corrected chi connectivity index (χ0v) is 18.3. The first kappa shape index (κ1) is 20.2. The summed E-state index contributed by atoms with van der Waals surface area (Å²) in [6.07, 6.45) is 0.749. The Morgan fingerprint density at radius 3 is 2.63 bits per heavy atom. The van der Waals surface area contributed by atoms with Crippen LogP contribution >= 0.6 is 11.3 Å². The van der Waals surface area contributed by atoms with E-state index in [2.05, 4.69) is 19.9 Å². The summed E-state index contributed by atoms with van der Waals surface area (Å²) in [5, 5.41) is 1.49. The number of H-pyrrole nitrogens is 1. The van der Waals surface area contributed by atoms with E-state index in [9.17, 15) is 9.59 Å². The smallest absolute Gasteiger partial charge is 0.264 e. The first-order valence-corrected chi connectivity index (χ1v) is 10.8. The highest BCUT2D eigenvalue weighted by Gasteiger charge is 2.23. The van der Waals surface area contributed by atoms with Crippen molar-refractivity contribution in [3.05, 3.63) is 62.4 Å². The van der Waals surface area contributed by atoms with Crippen LogP contribution < -0.4 is 5.56 Å². The molecule has 0 fully saturated rings. The van der Waals surface area contributed by atoms with Crippen molar-refractivity contribution in [2.24, 2.45) is 0 Å². The van der Waals surface area contributed by atoms with Crippen molar-refractivity contribution in [2.45, 2.75) is 40.7 Å². The topological polar surface area (TPSA) is 91.8 Å². The minimum Gasteiger partial charge on any atom is -0.331 e. The number of carbonyl (C=O) groups is 1. The Morgan fingerprint density at radius 2 is 1.90 bits per heavy atom. The van der Waals surface area contributed by atoms with Crippen LogP contribution in [0.3, 0.4) is 0 Å². The highest BCUT2D eigenvalue weighted by molar-refractivity contribution is 7.20. The van der Waals surface area contributed by atoms with Crippen LogP contribution in [0.15, 0.2) is 29.1 Å². The summed E-state index contributed by atoms with van der Waals surface area (Å²) >= 11 is 1.40. The number of nitrogens with one attached hydrogen (secondary N) is 1. The Kier molecular flexibility index (Phi) is 5.34. The predicted octanol–water partition coefficient (Wildman–Crippen LogP) is 3.77. The molecule has 3 aromatic heterocycles. The molecule has 0 aliphatic heterocycles. The lowest BCUT2D eigenvalue weighted by Crippen LogP contribution is -2.31. The van der Waals surface area contributed by atoms with Gasteiger partial charge in [-0.3, -0.25) is 9.59 Å². The molecule has 4 rings (SSSR count). The summed E-state index contributed by atoms with van der Waals surface area (Å²) in [7, 11) is 0. The second-order valence-electron chi connectivity index (χ2n) is 7.16. The van der Waals surface area contributed by atoms with E-state index in [1.54, 1.807) is 23.1 Å². The van der Waals surface area contributed by atoms with Gasteiger partial charge in [-0.15, -0.1) is 11.3 Å². The highest BCUT2D eigenvalue weighted by Crippen LogP contribution is 2.32. The minimum atomic E-state index is -0.199. The molecule has 30 heavy (non-hydrogen) atoms. The molecule has 0 spiro atoms. The van der Waals surface area contributed by atoms with Crippen LogP contribution in [0.5, 0.6) is 0 Å². The van der Waals surface area contributed by atoms with Crippen LogP contribution in [-0.2, 0) is 13.0 Å². The number of rotatable bonds is 5. The van der Waals surface area contributed by atoms with Gasteiger partial charge in [0.1, 0.15) is 16.5 Å². The molecule has 8 heteroatoms. The maximum absolute atomic E-state index is 13.4. The van der Waals surface area contributed by atoms with Crippen molar-refractivity contribution in [1.82, 2.24) is 24.8 Å². The lowest BCUT2D eigenvalue weighted by Gasteiger charge is -2.20. The van der Waals surface area contributed by atoms with E-state index in [0.29, 0.717) is 28.1 Å². The van der Waals surface area contributed by atoms with E-state index >= 15 is 0 Å². The van der Waals surface area contributed by atoms with Gasteiger partial charge in [0, 0.05) is 24.0 Å². The van der Waals surface area contributed by atoms with Crippen molar-refractivity contribution >= 4 is 38.4 Å². The zero-order valence-electron chi connectivity index (χ0n) is 17.4. The molecule has 3 heterocycles. The summed E-state index contributed by atoms with van der Waals surface area (Å²) < 4.78 is 0. The number of amides is 1. The third kappa shape index (κ3) is 3.47. The molecular weight excluding hydrogens is 398 g/mol. The second kappa shape index (κ2) is 7.95. The summed E-state index contributed by atoms with van der Waals surface area (Å²) in [6.45, 7) is 8.56. The largest absolute Gasteiger partial charge is 0.331 e. The lowest BCUT2D eigenvalue weighted by molar-refractivity contribution is 0.0753. The Morgan fingerprint density at radius 1 is 1.13 bits per heavy atom. The van der Waals surface area contributed by atoms with Crippen LogP contribution in [0.25, 0.3) is 21.1 Å². The third-order valence-corrected chi connectivity index (χ3v) is 6.37. The molecule has 1 N–H and O–H groups in total. The number of fused-ring (bicyclic) bond motifs is 2. The van der Waals surface area contributed by atoms with E-state index in [1.165, 1.54) is 11.3 Å². The minimum absolute atomic E-state index is 0.0914. The van der Waals surface area contributed by atoms with Gasteiger partial charge in [-0.25, -0.2) is 15.0 Å². The number of para-hydroxylation sites is 1. The van der Waals surface area contributed by atoms with Crippen LogP contribution in [0.1, 0.15) is 46.4 Å². The van der Waals surface area contributed by atoms with Crippen LogP contribution in [0.4, 0.5) is 0 Å². The van der Waals surface area contributed by atoms with Crippen LogP contribution in [0.2, 0.25) is 0 Å². The van der Waals surface area contributed by atoms with E-state index in [-0.39, 0.29) is 18.0 Å². The van der Waals surface area contributed by atoms with Crippen LogP contribution in [0, 0.1) is 13.8 Å². The maximum Gasteiger partial charge on any atom is 0.264 e. The van der Waals surface area contributed by atoms with Gasteiger partial charge < -0.3 is 9.88 Å². The molecule has 154 valence electrons. The summed E-state index contributed by atoms with van der Waals surface area (Å²) in [4.78, 5) is 45.4. The molecule has 7 nitrogen and oxygen atoms in total. The van der Waals surface area contributed by atoms with Gasteiger partial charge in [0.15, 0.2) is 0 Å². The molecule has 0 saturated heterocycles. The molecule has 4 aromatic rings. The number of hydrogen-bond acceptors (Lipinski definition) is 6. The SMILES string of the molecule is CCc1nc(C)c2c(C)c(C(=O)N(CC)Cc3nc4ccccc4c(=O)[nH]3)sc2n1. The Hall–Kier alpha value is -3.13. The molecule has 0 saturated carbocycles. The number of hydrogen-bond donors (Lipinski definition) is 1. The van der Waals surface area contributed by atoms with Gasteiger partial charge in [0.05, 0.1) is 22.3 Å². The number of nitrogens with zero attached hydrogens (tertiary/aromatic N) is 4. The summed E-state index contributed by atoms with van der Waals surface area (Å²) in [5.41, 5.74) is 2.22. The molecule has 0 aliphatic rings. The zero-order chi connectivity index (χ0) is 21.4. The van der Waals surface area contributed by atoms with Crippen molar-refractivity contribution in [1.29, 1.82) is 0 Å². The van der Waals surface area contributed by atoms with Crippen molar-refractivity contribution in [2.75, 3.05) is 6.54 Å². The first-order chi connectivity index (χ1) is 14.4. The fourth-order valence-electron chi connectivity index (χ4n) is 3.62. The monoisotopic (exact) mass is 421 g/mol. The van der Waals surface area contributed by atoms with Crippen molar-refractivity contribution in [3.8, 4) is 0 Å². The quantitative estimate of drug-likeness (QED) is 0.530. The summed E-state index contributed by atoms with van der Waals surface area (Å²) in [6, 6.07) is 7.19. The third-order valence-electron chi connectivity index (χ3n) is 5.20. The number of thiophene rings is 1. The highest BCUT2D eigenvalue weighted by atomic mass is 32.1. The van der Waals surface area contributed by atoms with Crippen molar-refractivity contribution < 1.29 is 4.79 Å². The molecule has 1 amide bonds. The van der Waals surface area contributed by atoms with Gasteiger partial charge >= 0.3 is 0 Å². The average Bonchev–Trinajstić information content (AvgIpc) is 3.08. The van der Waals surface area contributed by atoms with Gasteiger partial charge in [-0.1, -0.05) is 19.1 Å². The summed E-state index contributed by atoms with van der Waals surface area (Å²) in [5.74, 6) is 1.16. The number of aromatic amines is 1. The van der Waals surface area contributed by atoms with E-state index < -0.39 is 0 Å². The lowest BCUT2D eigenvalue weighted by atomic mass is 10.1. The van der Waals surface area contributed by atoms with Crippen LogP contribution in [-0.4, -0.2) is 37.3 Å². The number of aryl methyl sites for hydroxylation is 3. The van der Waals surface area contributed by atoms with E-state index in [0.717, 1.165) is 33.7 Å². The number of aromatic nitrogens is 4. The van der Waals surface area contributed by atoms with Gasteiger partial charge in [0.2, 0.25) is 0 Å². The molecular formula is C22H23N5O2S. The van der Waals surface area contributed by atoms with Crippen molar-refractivity contribution in [3.63, 3.8) is 0 Å². The molecule has 1 aromatic carbocycles. The predicted molar refractivity (Wildman–Crippen MR) is 119 cm³/mol. The Balaban J connectivity index is 1.70. The molecule has 0 unspecified atom stereocenters. The van der Waals surface area contributed by atoms with Gasteiger partial charge in [-0.2, -0.15) is 0 Å². The Labute approximate surface area is 177 Å². The number of benzene rings is 1. The van der Waals surface area contributed by atoms with E-state index in [4.69, 9.17) is 0 Å². The van der Waals surface area contributed by atoms with Gasteiger partial charge in [-0.05, 0) is 38.5 Å². The normalized spacial score (nSPS) is 11.3. The second-order valence-corrected chi connectivity index (χ2v) is 8.16. The average molecular weight is 422 g/mol. The van der Waals surface area contributed by atoms with Gasteiger partial charge in [0.25, 0.3) is 11.5 Å². The molecule has 0 atom stereocenters. The first-order valence-electron chi connectivity index (χ1n) is 9.96. The molecule has 0 bridgehead atoms. The molecule has 0 aliphatic carbocycles. The maximum atomic E-state index is 13.4.